The third-order valence-corrected chi connectivity index (χ3v) is 5.98. The first kappa shape index (κ1) is 25.0. The van der Waals surface area contributed by atoms with E-state index in [2.05, 4.69) is 42.4 Å². The van der Waals surface area contributed by atoms with Crippen LogP contribution in [0.5, 0.6) is 0 Å². The number of ether oxygens (including phenoxy) is 2. The van der Waals surface area contributed by atoms with E-state index < -0.39 is 11.7 Å². The van der Waals surface area contributed by atoms with E-state index in [9.17, 15) is 10.1 Å². The van der Waals surface area contributed by atoms with Crippen LogP contribution in [-0.4, -0.2) is 53.9 Å². The molecule has 1 saturated heterocycles. The summed E-state index contributed by atoms with van der Waals surface area (Å²) in [7, 11) is 0. The lowest BCUT2D eigenvalue weighted by atomic mass is 9.87. The number of nitrogens with one attached hydrogen (secondary N) is 2. The van der Waals surface area contributed by atoms with E-state index in [1.807, 2.05) is 20.8 Å². The largest absolute Gasteiger partial charge is 0.444 e. The maximum Gasteiger partial charge on any atom is 0.407 e. The van der Waals surface area contributed by atoms with Gasteiger partial charge in [0.05, 0.1) is 31.0 Å². The summed E-state index contributed by atoms with van der Waals surface area (Å²) in [5, 5.41) is 15.6. The van der Waals surface area contributed by atoms with Crippen molar-refractivity contribution in [1.29, 1.82) is 5.26 Å². The minimum absolute atomic E-state index is 0.110. The summed E-state index contributed by atoms with van der Waals surface area (Å²) in [5.74, 6) is 1.55. The predicted molar refractivity (Wildman–Crippen MR) is 127 cm³/mol. The topological polar surface area (TPSA) is 112 Å². The minimum Gasteiger partial charge on any atom is -0.444 e. The minimum atomic E-state index is -0.558. The molecule has 0 unspecified atom stereocenters. The molecular weight excluding hydrogens is 420 g/mol. The Labute approximate surface area is 197 Å². The summed E-state index contributed by atoms with van der Waals surface area (Å²) in [6, 6.07) is 2.20. The van der Waals surface area contributed by atoms with Crippen LogP contribution in [0.4, 0.5) is 16.6 Å². The van der Waals surface area contributed by atoms with Crippen molar-refractivity contribution in [3.63, 3.8) is 0 Å². The molecule has 2 aliphatic rings. The molecule has 9 heteroatoms. The average molecular weight is 459 g/mol. The average Bonchev–Trinajstić information content (AvgIpc) is 2.74. The number of amides is 1. The fourth-order valence-electron chi connectivity index (χ4n) is 3.99. The highest BCUT2D eigenvalue weighted by atomic mass is 16.6. The summed E-state index contributed by atoms with van der Waals surface area (Å²) in [4.78, 5) is 24.3. The van der Waals surface area contributed by atoms with Gasteiger partial charge >= 0.3 is 6.09 Å². The van der Waals surface area contributed by atoms with Crippen molar-refractivity contribution < 1.29 is 14.3 Å². The Kier molecular flexibility index (Phi) is 7.68. The van der Waals surface area contributed by atoms with Crippen molar-refractivity contribution in [1.82, 2.24) is 15.3 Å². The highest BCUT2D eigenvalue weighted by molar-refractivity contribution is 5.68. The van der Waals surface area contributed by atoms with E-state index in [1.54, 1.807) is 0 Å². The SMILES string of the molecule is CC(C)(C)OC(=O)N[C@@H](CNc1nc2c(c(N3CCC(C#N)CC3)n1)COCC2)C(C)(C)C. The Balaban J connectivity index is 1.76. The first-order valence-corrected chi connectivity index (χ1v) is 11.8. The molecule has 0 aliphatic carbocycles. The monoisotopic (exact) mass is 458 g/mol. The van der Waals surface area contributed by atoms with E-state index in [1.165, 1.54) is 0 Å². The molecular formula is C24H38N6O3. The molecule has 1 aromatic rings. The van der Waals surface area contributed by atoms with E-state index in [-0.39, 0.29) is 17.4 Å². The van der Waals surface area contributed by atoms with Gasteiger partial charge in [0.25, 0.3) is 0 Å². The number of fused-ring (bicyclic) bond motifs is 1. The van der Waals surface area contributed by atoms with Gasteiger partial charge in [-0.3, -0.25) is 0 Å². The van der Waals surface area contributed by atoms with Crippen molar-refractivity contribution in [2.24, 2.45) is 11.3 Å². The zero-order valence-corrected chi connectivity index (χ0v) is 20.8. The molecule has 182 valence electrons. The molecule has 33 heavy (non-hydrogen) atoms. The van der Waals surface area contributed by atoms with Gasteiger partial charge in [0.1, 0.15) is 11.4 Å². The van der Waals surface area contributed by atoms with Gasteiger partial charge in [0.2, 0.25) is 5.95 Å². The third-order valence-electron chi connectivity index (χ3n) is 5.98. The van der Waals surface area contributed by atoms with Crippen LogP contribution in [0.3, 0.4) is 0 Å². The van der Waals surface area contributed by atoms with Gasteiger partial charge < -0.3 is 25.0 Å². The zero-order chi connectivity index (χ0) is 24.2. The number of aromatic nitrogens is 2. The Morgan fingerprint density at radius 3 is 2.55 bits per heavy atom. The number of piperidine rings is 1. The van der Waals surface area contributed by atoms with Crippen LogP contribution in [0.15, 0.2) is 0 Å². The maximum atomic E-state index is 12.4. The fourth-order valence-corrected chi connectivity index (χ4v) is 3.99. The molecule has 0 saturated carbocycles. The summed E-state index contributed by atoms with van der Waals surface area (Å²) in [5.41, 5.74) is 1.29. The van der Waals surface area contributed by atoms with E-state index >= 15 is 0 Å². The second-order valence-corrected chi connectivity index (χ2v) is 10.9. The zero-order valence-electron chi connectivity index (χ0n) is 20.8. The van der Waals surface area contributed by atoms with Gasteiger partial charge in [-0.2, -0.15) is 10.2 Å². The number of rotatable bonds is 5. The fraction of sp³-hybridized carbons (Fsp3) is 0.750. The Hall–Kier alpha value is -2.60. The summed E-state index contributed by atoms with van der Waals surface area (Å²) in [6.07, 6.45) is 1.98. The molecule has 0 spiro atoms. The van der Waals surface area contributed by atoms with E-state index in [4.69, 9.17) is 19.4 Å². The lowest BCUT2D eigenvalue weighted by molar-refractivity contribution is 0.0470. The smallest absolute Gasteiger partial charge is 0.407 e. The van der Waals surface area contributed by atoms with Crippen molar-refractivity contribution >= 4 is 17.9 Å². The van der Waals surface area contributed by atoms with Crippen molar-refractivity contribution in [3.05, 3.63) is 11.3 Å². The number of nitrogens with zero attached hydrogens (tertiary/aromatic N) is 4. The van der Waals surface area contributed by atoms with Crippen LogP contribution >= 0.6 is 0 Å². The summed E-state index contributed by atoms with van der Waals surface area (Å²) in [6.45, 7) is 15.0. The van der Waals surface area contributed by atoms with Crippen LogP contribution in [-0.2, 0) is 22.5 Å². The quantitative estimate of drug-likeness (QED) is 0.688. The van der Waals surface area contributed by atoms with Crippen LogP contribution in [0.25, 0.3) is 0 Å². The van der Waals surface area contributed by atoms with Crippen LogP contribution in [0.1, 0.15) is 65.6 Å². The highest BCUT2D eigenvalue weighted by Gasteiger charge is 2.30. The van der Waals surface area contributed by atoms with Crippen molar-refractivity contribution in [3.8, 4) is 6.07 Å². The number of hydrogen-bond acceptors (Lipinski definition) is 8. The van der Waals surface area contributed by atoms with Crippen LogP contribution in [0, 0.1) is 22.7 Å². The number of alkyl carbamates (subject to hydrolysis) is 1. The maximum absolute atomic E-state index is 12.4. The van der Waals surface area contributed by atoms with Gasteiger partial charge in [0.15, 0.2) is 0 Å². The standard InChI is InChI=1S/C24H38N6O3/c1-23(2,3)19(28-22(31)33-24(4,5)6)14-26-21-27-18-9-12-32-15-17(18)20(29-21)30-10-7-16(13-25)8-11-30/h16,19H,7-12,14-15H2,1-6H3,(H,28,31)(H,26,27,29)/t19-/m0/s1. The van der Waals surface area contributed by atoms with Crippen LogP contribution in [0.2, 0.25) is 0 Å². The lowest BCUT2D eigenvalue weighted by Crippen LogP contribution is -2.49. The molecule has 3 rings (SSSR count). The molecule has 0 bridgehead atoms. The van der Waals surface area contributed by atoms with Gasteiger partial charge in [0, 0.05) is 37.5 Å². The van der Waals surface area contributed by atoms with E-state index in [0.29, 0.717) is 25.7 Å². The molecule has 3 heterocycles. The first-order chi connectivity index (χ1) is 15.5. The second-order valence-electron chi connectivity index (χ2n) is 10.9. The summed E-state index contributed by atoms with van der Waals surface area (Å²) < 4.78 is 11.1. The van der Waals surface area contributed by atoms with Crippen molar-refractivity contribution in [2.75, 3.05) is 36.5 Å². The molecule has 2 aliphatic heterocycles. The number of carbonyl (C=O) groups is 1. The second kappa shape index (κ2) is 10.1. The Morgan fingerprint density at radius 2 is 1.94 bits per heavy atom. The molecule has 9 nitrogen and oxygen atoms in total. The molecule has 0 radical (unpaired) electrons. The van der Waals surface area contributed by atoms with Crippen LogP contribution < -0.4 is 15.5 Å². The van der Waals surface area contributed by atoms with Gasteiger partial charge in [-0.25, -0.2) is 9.78 Å². The third kappa shape index (κ3) is 6.94. The van der Waals surface area contributed by atoms with Crippen molar-refractivity contribution in [2.45, 2.75) is 79.1 Å². The number of anilines is 2. The van der Waals surface area contributed by atoms with Gasteiger partial charge in [-0.1, -0.05) is 20.8 Å². The molecule has 1 amide bonds. The molecule has 1 aromatic heterocycles. The predicted octanol–water partition coefficient (Wildman–Crippen LogP) is 3.64. The number of carbonyl (C=O) groups excluding carboxylic acids is 1. The van der Waals surface area contributed by atoms with Gasteiger partial charge in [-0.05, 0) is 39.0 Å². The Bertz CT molecular complexity index is 876. The molecule has 1 atom stereocenters. The van der Waals surface area contributed by atoms with E-state index in [0.717, 1.165) is 49.4 Å². The first-order valence-electron chi connectivity index (χ1n) is 11.8. The molecule has 0 aromatic carbocycles. The lowest BCUT2D eigenvalue weighted by Gasteiger charge is -2.34. The number of hydrogen-bond donors (Lipinski definition) is 2. The molecule has 2 N–H and O–H groups in total. The number of nitriles is 1. The summed E-state index contributed by atoms with van der Waals surface area (Å²) >= 11 is 0. The van der Waals surface area contributed by atoms with Gasteiger partial charge in [-0.15, -0.1) is 0 Å². The normalized spacial score (nSPS) is 18.2. The Morgan fingerprint density at radius 1 is 1.24 bits per heavy atom. The molecule has 1 fully saturated rings. The highest BCUT2D eigenvalue weighted by Crippen LogP contribution is 2.30.